The largest absolute Gasteiger partial charge is 0.497 e. The van der Waals surface area contributed by atoms with Crippen LogP contribution in [0.2, 0.25) is 0 Å². The quantitative estimate of drug-likeness (QED) is 0.405. The number of nitrogens with one attached hydrogen (secondary N) is 1. The second-order valence-electron chi connectivity index (χ2n) is 6.11. The molecule has 1 aromatic carbocycles. The van der Waals surface area contributed by atoms with Crippen LogP contribution in [0.1, 0.15) is 18.3 Å². The van der Waals surface area contributed by atoms with Gasteiger partial charge in [0.1, 0.15) is 11.5 Å². The van der Waals surface area contributed by atoms with Gasteiger partial charge in [-0.05, 0) is 41.1 Å². The Balaban J connectivity index is 2.15. The minimum atomic E-state index is 0.198. The van der Waals surface area contributed by atoms with Crippen molar-refractivity contribution in [3.8, 4) is 11.5 Å². The van der Waals surface area contributed by atoms with E-state index in [4.69, 9.17) is 26.1 Å². The molecule has 0 saturated heterocycles. The summed E-state index contributed by atoms with van der Waals surface area (Å²) in [5, 5.41) is 9.33. The third-order valence-corrected chi connectivity index (χ3v) is 5.20. The maximum Gasteiger partial charge on any atom is 0.226 e. The molecule has 0 aliphatic carbocycles. The third-order valence-electron chi connectivity index (χ3n) is 4.36. The zero-order valence-electron chi connectivity index (χ0n) is 16.9. The van der Waals surface area contributed by atoms with E-state index in [-0.39, 0.29) is 5.88 Å². The fourth-order valence-electron chi connectivity index (χ4n) is 2.95. The Labute approximate surface area is 187 Å². The average Bonchev–Trinajstić information content (AvgIpc) is 3.21. The molecule has 0 radical (unpaired) electrons. The van der Waals surface area contributed by atoms with Gasteiger partial charge < -0.3 is 14.8 Å². The number of fused-ring (bicyclic) bond motifs is 1. The second kappa shape index (κ2) is 9.80. The summed E-state index contributed by atoms with van der Waals surface area (Å²) >= 11 is 9.53. The molecule has 7 nitrogen and oxygen atoms in total. The van der Waals surface area contributed by atoms with Crippen LogP contribution in [0, 0.1) is 0 Å². The minimum Gasteiger partial charge on any atom is -0.497 e. The van der Waals surface area contributed by atoms with Crippen molar-refractivity contribution in [1.82, 2.24) is 19.6 Å². The molecule has 0 aliphatic heterocycles. The highest BCUT2D eigenvalue weighted by atomic mass is 79.9. The van der Waals surface area contributed by atoms with Crippen molar-refractivity contribution in [2.45, 2.75) is 19.3 Å². The molecule has 0 bridgehead atoms. The normalized spacial score (nSPS) is 12.5. The standard InChI is InChI=1S/C21H21BrClN5O2/c1-5-7-16(22)19-15(6-2)20-25-18(11-23)27-28(20)21(26-19)24-12-13-8-9-14(29-3)10-17(13)30-4/h6-10H,1,11-12H2,2-4H3,(H,24,26). The van der Waals surface area contributed by atoms with Crippen molar-refractivity contribution in [3.05, 3.63) is 58.5 Å². The van der Waals surface area contributed by atoms with Gasteiger partial charge in [-0.1, -0.05) is 12.7 Å². The van der Waals surface area contributed by atoms with Crippen molar-refractivity contribution in [2.75, 3.05) is 19.5 Å². The molecule has 9 heteroatoms. The Kier molecular flexibility index (Phi) is 7.15. The van der Waals surface area contributed by atoms with E-state index < -0.39 is 0 Å². The number of halogens is 2. The molecule has 2 heterocycles. The summed E-state index contributed by atoms with van der Waals surface area (Å²) in [7, 11) is 3.24. The fraction of sp³-hybridized carbons (Fsp3) is 0.238. The summed E-state index contributed by atoms with van der Waals surface area (Å²) in [5.41, 5.74) is 4.35. The van der Waals surface area contributed by atoms with Crippen LogP contribution in [0.3, 0.4) is 0 Å². The lowest BCUT2D eigenvalue weighted by Crippen LogP contribution is -2.33. The number of allylic oxidation sites excluding steroid dienone is 1. The Morgan fingerprint density at radius 1 is 1.33 bits per heavy atom. The van der Waals surface area contributed by atoms with Crippen molar-refractivity contribution in [3.63, 3.8) is 0 Å². The average molecular weight is 491 g/mol. The van der Waals surface area contributed by atoms with E-state index in [1.54, 1.807) is 24.8 Å². The highest BCUT2D eigenvalue weighted by Gasteiger charge is 2.13. The molecule has 30 heavy (non-hydrogen) atoms. The van der Waals surface area contributed by atoms with Crippen LogP contribution < -0.4 is 25.4 Å². The number of alkyl halides is 1. The number of anilines is 1. The molecule has 0 unspecified atom stereocenters. The van der Waals surface area contributed by atoms with E-state index in [1.165, 1.54) is 0 Å². The number of hydrogen-bond donors (Lipinski definition) is 1. The van der Waals surface area contributed by atoms with E-state index >= 15 is 0 Å². The van der Waals surface area contributed by atoms with Gasteiger partial charge in [0, 0.05) is 23.4 Å². The zero-order chi connectivity index (χ0) is 21.7. The molecule has 3 rings (SSSR count). The van der Waals surface area contributed by atoms with Crippen LogP contribution >= 0.6 is 27.5 Å². The highest BCUT2D eigenvalue weighted by molar-refractivity contribution is 9.15. The van der Waals surface area contributed by atoms with Gasteiger partial charge in [0.15, 0.2) is 11.5 Å². The number of benzene rings is 1. The first-order chi connectivity index (χ1) is 14.6. The monoisotopic (exact) mass is 489 g/mol. The predicted octanol–water partition coefficient (Wildman–Crippen LogP) is 3.14. The first-order valence-electron chi connectivity index (χ1n) is 9.04. The van der Waals surface area contributed by atoms with E-state index in [9.17, 15) is 0 Å². The molecule has 0 spiro atoms. The molecule has 3 aromatic rings. The van der Waals surface area contributed by atoms with E-state index in [2.05, 4.69) is 43.6 Å². The van der Waals surface area contributed by atoms with Gasteiger partial charge >= 0.3 is 0 Å². The molecule has 0 atom stereocenters. The van der Waals surface area contributed by atoms with Gasteiger partial charge in [-0.25, -0.2) is 9.97 Å². The predicted molar refractivity (Wildman–Crippen MR) is 123 cm³/mol. The van der Waals surface area contributed by atoms with Gasteiger partial charge in [0.2, 0.25) is 5.95 Å². The zero-order valence-corrected chi connectivity index (χ0v) is 19.2. The van der Waals surface area contributed by atoms with Gasteiger partial charge in [0.25, 0.3) is 0 Å². The maximum atomic E-state index is 5.98. The molecule has 2 aromatic heterocycles. The number of rotatable bonds is 7. The lowest BCUT2D eigenvalue weighted by Gasteiger charge is -2.12. The number of nitrogens with zero attached hydrogens (tertiary/aromatic N) is 4. The maximum absolute atomic E-state index is 5.98. The molecule has 156 valence electrons. The van der Waals surface area contributed by atoms with Crippen LogP contribution in [0.4, 0.5) is 5.95 Å². The molecule has 0 aliphatic rings. The molecule has 0 fully saturated rings. The van der Waals surface area contributed by atoms with Gasteiger partial charge in [0.05, 0.1) is 29.9 Å². The smallest absolute Gasteiger partial charge is 0.226 e. The van der Waals surface area contributed by atoms with Crippen LogP contribution in [-0.4, -0.2) is 33.8 Å². The lowest BCUT2D eigenvalue weighted by atomic mass is 10.2. The summed E-state index contributed by atoms with van der Waals surface area (Å²) in [5.74, 6) is 2.66. The second-order valence-corrected chi connectivity index (χ2v) is 7.23. The number of ether oxygens (including phenoxy) is 2. The first kappa shape index (κ1) is 21.9. The number of aromatic nitrogens is 4. The van der Waals surface area contributed by atoms with Crippen molar-refractivity contribution in [1.29, 1.82) is 0 Å². The SMILES string of the molecule is C=C=CC(Br)=c1nc(NCc2ccc(OC)cc2OC)n2nc(CCl)nc2c1=CC. The Morgan fingerprint density at radius 3 is 2.77 bits per heavy atom. The summed E-state index contributed by atoms with van der Waals surface area (Å²) < 4.78 is 13.1. The third kappa shape index (κ3) is 4.36. The summed E-state index contributed by atoms with van der Waals surface area (Å²) in [6, 6.07) is 5.65. The Morgan fingerprint density at radius 2 is 2.13 bits per heavy atom. The van der Waals surface area contributed by atoms with Crippen LogP contribution in [0.5, 0.6) is 11.5 Å². The summed E-state index contributed by atoms with van der Waals surface area (Å²) in [6.45, 7) is 6.01. The van der Waals surface area contributed by atoms with Gasteiger partial charge in [-0.15, -0.1) is 22.4 Å². The van der Waals surface area contributed by atoms with E-state index in [0.717, 1.165) is 21.0 Å². The molecular formula is C21H21BrClN5O2. The van der Waals surface area contributed by atoms with E-state index in [0.29, 0.717) is 35.1 Å². The molecular weight excluding hydrogens is 470 g/mol. The van der Waals surface area contributed by atoms with Gasteiger partial charge in [-0.2, -0.15) is 4.52 Å². The first-order valence-corrected chi connectivity index (χ1v) is 10.4. The van der Waals surface area contributed by atoms with Crippen molar-refractivity contribution in [2.24, 2.45) is 0 Å². The van der Waals surface area contributed by atoms with Crippen LogP contribution in [0.15, 0.2) is 36.6 Å². The lowest BCUT2D eigenvalue weighted by molar-refractivity contribution is 0.391. The van der Waals surface area contributed by atoms with Crippen molar-refractivity contribution >= 4 is 49.7 Å². The topological polar surface area (TPSA) is 73.6 Å². The van der Waals surface area contributed by atoms with Gasteiger partial charge in [-0.3, -0.25) is 0 Å². The minimum absolute atomic E-state index is 0.198. The Hall–Kier alpha value is -2.80. The number of hydrogen-bond acceptors (Lipinski definition) is 6. The molecule has 1 N–H and O–H groups in total. The Bertz CT molecular complexity index is 1250. The van der Waals surface area contributed by atoms with E-state index in [1.807, 2.05) is 31.2 Å². The molecule has 0 saturated carbocycles. The van der Waals surface area contributed by atoms with Crippen LogP contribution in [-0.2, 0) is 12.4 Å². The summed E-state index contributed by atoms with van der Waals surface area (Å²) in [6.07, 6.45) is 3.64. The number of methoxy groups -OCH3 is 2. The molecule has 0 amide bonds. The summed E-state index contributed by atoms with van der Waals surface area (Å²) in [4.78, 5) is 9.33. The van der Waals surface area contributed by atoms with Crippen LogP contribution in [0.25, 0.3) is 16.2 Å². The highest BCUT2D eigenvalue weighted by Crippen LogP contribution is 2.25. The van der Waals surface area contributed by atoms with Crippen molar-refractivity contribution < 1.29 is 9.47 Å². The fourth-order valence-corrected chi connectivity index (χ4v) is 3.52.